The molecule has 9 nitrogen and oxygen atoms in total. The molecule has 2 atom stereocenters. The van der Waals surface area contributed by atoms with Crippen LogP contribution in [0.25, 0.3) is 0 Å². The number of rotatable bonds is 15. The number of hydroxylamine groups is 1. The van der Waals surface area contributed by atoms with E-state index < -0.39 is 27.4 Å². The molecule has 0 saturated heterocycles. The van der Waals surface area contributed by atoms with Gasteiger partial charge in [0.05, 0.1) is 0 Å². The Morgan fingerprint density at radius 2 is 1.56 bits per heavy atom. The molecule has 0 bridgehead atoms. The SMILES string of the molecule is CCO[Si](CCCNC(=O)NOC(C)OC(C)OC)(OCC)OCC. The summed E-state index contributed by atoms with van der Waals surface area (Å²) in [6.45, 7) is 11.2. The molecule has 0 aromatic heterocycles. The minimum absolute atomic E-state index is 0.423. The van der Waals surface area contributed by atoms with Gasteiger partial charge in [0.2, 0.25) is 0 Å². The summed E-state index contributed by atoms with van der Waals surface area (Å²) in [6.07, 6.45) is -0.380. The molecule has 0 fully saturated rings. The zero-order chi connectivity index (χ0) is 19.1. The largest absolute Gasteiger partial charge is 0.500 e. The van der Waals surface area contributed by atoms with E-state index in [1.807, 2.05) is 20.8 Å². The van der Waals surface area contributed by atoms with Gasteiger partial charge in [0.25, 0.3) is 0 Å². The number of ether oxygens (including phenoxy) is 2. The van der Waals surface area contributed by atoms with Crippen LogP contribution in [0.3, 0.4) is 0 Å². The van der Waals surface area contributed by atoms with Gasteiger partial charge in [0, 0.05) is 39.5 Å². The van der Waals surface area contributed by atoms with Crippen LogP contribution in [0.2, 0.25) is 6.04 Å². The lowest BCUT2D eigenvalue weighted by atomic mass is 10.5. The molecular weight excluding hydrogens is 348 g/mol. The summed E-state index contributed by atoms with van der Waals surface area (Å²) in [6, 6.07) is 0.186. The van der Waals surface area contributed by atoms with Crippen molar-refractivity contribution in [3.05, 3.63) is 0 Å². The third-order valence-corrected chi connectivity index (χ3v) is 6.22. The zero-order valence-electron chi connectivity index (χ0n) is 16.3. The van der Waals surface area contributed by atoms with Crippen molar-refractivity contribution in [2.75, 3.05) is 33.5 Å². The van der Waals surface area contributed by atoms with Gasteiger partial charge in [-0.2, -0.15) is 0 Å². The lowest BCUT2D eigenvalue weighted by molar-refractivity contribution is -0.236. The van der Waals surface area contributed by atoms with Gasteiger partial charge < -0.3 is 28.1 Å². The normalized spacial score (nSPS) is 14.2. The maximum absolute atomic E-state index is 11.7. The highest BCUT2D eigenvalue weighted by Gasteiger charge is 2.39. The quantitative estimate of drug-likeness (QED) is 0.193. The monoisotopic (exact) mass is 382 g/mol. The molecule has 0 aromatic carbocycles. The molecule has 0 aromatic rings. The summed E-state index contributed by atoms with van der Waals surface area (Å²) < 4.78 is 27.5. The Labute approximate surface area is 151 Å². The number of carbonyl (C=O) groups excluding carboxylic acids is 1. The topological polar surface area (TPSA) is 96.5 Å². The van der Waals surface area contributed by atoms with Gasteiger partial charge in [-0.15, -0.1) is 0 Å². The number of methoxy groups -OCH3 is 1. The van der Waals surface area contributed by atoms with Crippen LogP contribution >= 0.6 is 0 Å². The van der Waals surface area contributed by atoms with Crippen molar-refractivity contribution in [3.63, 3.8) is 0 Å². The highest BCUT2D eigenvalue weighted by Crippen LogP contribution is 2.17. The summed E-state index contributed by atoms with van der Waals surface area (Å²) in [7, 11) is -1.14. The van der Waals surface area contributed by atoms with Crippen molar-refractivity contribution in [1.29, 1.82) is 0 Å². The van der Waals surface area contributed by atoms with Crippen LogP contribution in [-0.4, -0.2) is 60.9 Å². The number of urea groups is 1. The Morgan fingerprint density at radius 1 is 1.00 bits per heavy atom. The third-order valence-electron chi connectivity index (χ3n) is 3.07. The van der Waals surface area contributed by atoms with E-state index in [9.17, 15) is 4.79 Å². The minimum atomic E-state index is -2.66. The van der Waals surface area contributed by atoms with Crippen LogP contribution in [0.4, 0.5) is 4.79 Å². The maximum Gasteiger partial charge on any atom is 0.500 e. The molecule has 0 radical (unpaired) electrons. The molecule has 2 amide bonds. The fourth-order valence-corrected chi connectivity index (χ4v) is 4.65. The second kappa shape index (κ2) is 14.4. The van der Waals surface area contributed by atoms with Crippen LogP contribution in [-0.2, 0) is 27.6 Å². The summed E-state index contributed by atoms with van der Waals surface area (Å²) in [5.74, 6) is 0. The third kappa shape index (κ3) is 11.5. The van der Waals surface area contributed by atoms with Crippen molar-refractivity contribution in [2.45, 2.75) is 59.7 Å². The first-order valence-corrected chi connectivity index (χ1v) is 10.7. The van der Waals surface area contributed by atoms with Gasteiger partial charge in [-0.05, 0) is 41.0 Å². The maximum atomic E-state index is 11.7. The first-order valence-electron chi connectivity index (χ1n) is 8.72. The lowest BCUT2D eigenvalue weighted by Gasteiger charge is -2.28. The zero-order valence-corrected chi connectivity index (χ0v) is 17.3. The van der Waals surface area contributed by atoms with Crippen molar-refractivity contribution >= 4 is 14.8 Å². The van der Waals surface area contributed by atoms with E-state index >= 15 is 0 Å². The molecule has 10 heteroatoms. The molecule has 0 aliphatic heterocycles. The minimum Gasteiger partial charge on any atom is -0.374 e. The molecule has 0 aliphatic rings. The molecule has 0 rings (SSSR count). The highest BCUT2D eigenvalue weighted by atomic mass is 28.4. The van der Waals surface area contributed by atoms with E-state index in [1.165, 1.54) is 7.11 Å². The first-order chi connectivity index (χ1) is 11.9. The van der Waals surface area contributed by atoms with Crippen molar-refractivity contribution < 1.29 is 32.4 Å². The van der Waals surface area contributed by atoms with Gasteiger partial charge in [-0.3, -0.25) is 0 Å². The fourth-order valence-electron chi connectivity index (χ4n) is 2.03. The van der Waals surface area contributed by atoms with E-state index in [4.69, 9.17) is 27.6 Å². The van der Waals surface area contributed by atoms with E-state index in [0.717, 1.165) is 0 Å². The van der Waals surface area contributed by atoms with Gasteiger partial charge >= 0.3 is 14.8 Å². The average molecular weight is 383 g/mol. The summed E-state index contributed by atoms with van der Waals surface area (Å²) in [4.78, 5) is 16.7. The van der Waals surface area contributed by atoms with Crippen LogP contribution in [0, 0.1) is 0 Å². The Morgan fingerprint density at radius 3 is 2.04 bits per heavy atom. The summed E-state index contributed by atoms with van der Waals surface area (Å²) >= 11 is 0. The van der Waals surface area contributed by atoms with E-state index in [-0.39, 0.29) is 0 Å². The molecular formula is C15H34N2O7Si. The first kappa shape index (κ1) is 24.2. The van der Waals surface area contributed by atoms with Gasteiger partial charge in [-0.25, -0.2) is 15.1 Å². The predicted molar refractivity (Wildman–Crippen MR) is 94.7 cm³/mol. The standard InChI is InChI=1S/C15H34N2O7Si/c1-7-20-25(21-8-2,22-9-3)12-10-11-16-15(18)17-24-14(5)23-13(4)19-6/h13-14H,7-12H2,1-6H3,(H2,16,17,18). The summed E-state index contributed by atoms with van der Waals surface area (Å²) in [5, 5.41) is 2.70. The van der Waals surface area contributed by atoms with Gasteiger partial charge in [-0.1, -0.05) is 0 Å². The van der Waals surface area contributed by atoms with E-state index in [1.54, 1.807) is 13.8 Å². The molecule has 0 spiro atoms. The molecule has 2 unspecified atom stereocenters. The van der Waals surface area contributed by atoms with E-state index in [0.29, 0.717) is 38.8 Å². The summed E-state index contributed by atoms with van der Waals surface area (Å²) in [5.41, 5.74) is 2.27. The van der Waals surface area contributed by atoms with Crippen molar-refractivity contribution in [1.82, 2.24) is 10.8 Å². The number of carbonyl (C=O) groups is 1. The smallest absolute Gasteiger partial charge is 0.374 e. The molecule has 150 valence electrons. The Balaban J connectivity index is 4.08. The van der Waals surface area contributed by atoms with E-state index in [2.05, 4.69) is 10.8 Å². The van der Waals surface area contributed by atoms with Gasteiger partial charge in [0.1, 0.15) is 0 Å². The number of amides is 2. The van der Waals surface area contributed by atoms with Crippen LogP contribution < -0.4 is 10.8 Å². The number of nitrogens with one attached hydrogen (secondary N) is 2. The van der Waals surface area contributed by atoms with Crippen molar-refractivity contribution in [2.24, 2.45) is 0 Å². The lowest BCUT2D eigenvalue weighted by Crippen LogP contribution is -2.46. The molecule has 2 N–H and O–H groups in total. The molecule has 0 saturated carbocycles. The van der Waals surface area contributed by atoms with Crippen molar-refractivity contribution in [3.8, 4) is 0 Å². The fraction of sp³-hybridized carbons (Fsp3) is 0.933. The average Bonchev–Trinajstić information content (AvgIpc) is 2.57. The second-order valence-electron chi connectivity index (χ2n) is 5.07. The molecule has 0 heterocycles. The second-order valence-corrected chi connectivity index (χ2v) is 7.80. The van der Waals surface area contributed by atoms with Crippen LogP contribution in [0.5, 0.6) is 0 Å². The molecule has 0 aliphatic carbocycles. The highest BCUT2D eigenvalue weighted by molar-refractivity contribution is 6.60. The predicted octanol–water partition coefficient (Wildman–Crippen LogP) is 2.01. The Kier molecular flexibility index (Phi) is 14.0. The Bertz CT molecular complexity index is 333. The number of hydrogen-bond donors (Lipinski definition) is 2. The van der Waals surface area contributed by atoms with Crippen LogP contribution in [0.1, 0.15) is 41.0 Å². The van der Waals surface area contributed by atoms with Crippen LogP contribution in [0.15, 0.2) is 0 Å². The molecule has 25 heavy (non-hydrogen) atoms. The van der Waals surface area contributed by atoms with Gasteiger partial charge in [0.15, 0.2) is 12.6 Å². The Hall–Kier alpha value is -0.753. The number of hydrogen-bond acceptors (Lipinski definition) is 7.